The van der Waals surface area contributed by atoms with Crippen LogP contribution in [-0.4, -0.2) is 30.8 Å². The molecule has 1 N–H and O–H groups in total. The Balaban J connectivity index is 1.29. The summed E-state index contributed by atoms with van der Waals surface area (Å²) in [6, 6.07) is 2.73. The van der Waals surface area contributed by atoms with Crippen LogP contribution in [0.5, 0.6) is 5.75 Å². The van der Waals surface area contributed by atoms with E-state index in [9.17, 15) is 14.3 Å². The Morgan fingerprint density at radius 2 is 1.97 bits per heavy atom. The molecule has 4 nitrogen and oxygen atoms in total. The number of rotatable bonds is 6. The number of hydrogen-bond donors (Lipinski definition) is 1. The highest BCUT2D eigenvalue weighted by Crippen LogP contribution is 2.81. The maximum Gasteiger partial charge on any atom is 0.308 e. The van der Waals surface area contributed by atoms with Crippen molar-refractivity contribution in [3.05, 3.63) is 23.0 Å². The third-order valence-electron chi connectivity index (χ3n) is 8.29. The molecule has 6 atom stereocenters. The lowest BCUT2D eigenvalue weighted by atomic mass is 9.76. The van der Waals surface area contributed by atoms with Gasteiger partial charge >= 0.3 is 5.97 Å². The second kappa shape index (κ2) is 6.50. The van der Waals surface area contributed by atoms with E-state index in [0.717, 1.165) is 24.7 Å². The van der Waals surface area contributed by atoms with Gasteiger partial charge in [-0.25, -0.2) is 4.39 Å². The molecule has 0 aliphatic heterocycles. The third-order valence-corrected chi connectivity index (χ3v) is 8.58. The van der Waals surface area contributed by atoms with E-state index in [-0.39, 0.29) is 11.5 Å². The van der Waals surface area contributed by atoms with Crippen molar-refractivity contribution >= 4 is 23.3 Å². The second-order valence-electron chi connectivity index (χ2n) is 10.3. The molecule has 4 saturated carbocycles. The normalized spacial score (nSPS) is 39.4. The zero-order valence-electron chi connectivity index (χ0n) is 17.1. The lowest BCUT2D eigenvalue weighted by Gasteiger charge is -2.33. The maximum absolute atomic E-state index is 14.9. The van der Waals surface area contributed by atoms with Gasteiger partial charge in [0.25, 0.3) is 0 Å². The highest BCUT2D eigenvalue weighted by molar-refractivity contribution is 6.32. The lowest BCUT2D eigenvalue weighted by molar-refractivity contribution is -0.141. The number of nitrogens with zero attached hydrogens (tertiary/aromatic N) is 1. The summed E-state index contributed by atoms with van der Waals surface area (Å²) in [5.41, 5.74) is 1.19. The molecule has 2 unspecified atom stereocenters. The molecule has 1 aromatic rings. The third kappa shape index (κ3) is 3.20. The van der Waals surface area contributed by atoms with Crippen LogP contribution in [0.3, 0.4) is 0 Å². The van der Waals surface area contributed by atoms with Crippen LogP contribution in [0.2, 0.25) is 5.02 Å². The van der Waals surface area contributed by atoms with Gasteiger partial charge in [-0.15, -0.1) is 0 Å². The maximum atomic E-state index is 14.9. The zero-order chi connectivity index (χ0) is 20.6. The number of benzene rings is 1. The Kier molecular flexibility index (Phi) is 4.37. The van der Waals surface area contributed by atoms with Gasteiger partial charge in [-0.05, 0) is 61.8 Å². The molecular weight excluding hydrogens is 393 g/mol. The number of halogens is 2. The van der Waals surface area contributed by atoms with E-state index in [2.05, 4.69) is 6.92 Å². The fraction of sp³-hybridized carbons (Fsp3) is 0.696. The van der Waals surface area contributed by atoms with Crippen molar-refractivity contribution in [2.75, 3.05) is 18.6 Å². The molecule has 4 fully saturated rings. The summed E-state index contributed by atoms with van der Waals surface area (Å²) in [5, 5.41) is 9.82. The highest BCUT2D eigenvalue weighted by Gasteiger charge is 2.73. The number of carboxylic acid groups (broad SMARTS) is 1. The Labute approximate surface area is 176 Å². The van der Waals surface area contributed by atoms with Crippen LogP contribution < -0.4 is 9.64 Å². The first-order valence-corrected chi connectivity index (χ1v) is 11.2. The van der Waals surface area contributed by atoms with E-state index in [1.807, 2.05) is 0 Å². The van der Waals surface area contributed by atoms with Gasteiger partial charge in [0.15, 0.2) is 0 Å². The molecule has 0 bridgehead atoms. The summed E-state index contributed by atoms with van der Waals surface area (Å²) < 4.78 is 21.0. The standard InChI is InChI=1S/C23H29ClFNO3/c1-22(8-13-10-23(13)11-14(23)9-22)12-29-20-7-17(25)19(6-16(20)24)26(2)18-5-3-4-15(18)21(27)28/h6-7,13-15,18H,3-5,8-12H2,1-2H3,(H,27,28)/t13-,14+,15-,18-,22?,23?/m1/s1. The van der Waals surface area contributed by atoms with Gasteiger partial charge in [0.1, 0.15) is 11.6 Å². The summed E-state index contributed by atoms with van der Waals surface area (Å²) in [7, 11) is 1.75. The minimum atomic E-state index is -0.818. The molecule has 4 aliphatic carbocycles. The molecule has 0 aromatic heterocycles. The Hall–Kier alpha value is -1.49. The summed E-state index contributed by atoms with van der Waals surface area (Å²) in [5.74, 6) is 0.407. The molecule has 1 spiro atoms. The first-order chi connectivity index (χ1) is 13.7. The van der Waals surface area contributed by atoms with Gasteiger partial charge in [-0.2, -0.15) is 0 Å². The molecule has 4 aliphatic rings. The van der Waals surface area contributed by atoms with Crippen molar-refractivity contribution in [1.29, 1.82) is 0 Å². The average Bonchev–Trinajstić information content (AvgIpc) is 3.45. The molecular formula is C23H29ClFNO3. The summed E-state index contributed by atoms with van der Waals surface area (Å²) in [4.78, 5) is 13.2. The molecule has 0 amide bonds. The fourth-order valence-corrected chi connectivity index (χ4v) is 6.73. The molecule has 29 heavy (non-hydrogen) atoms. The van der Waals surface area contributed by atoms with Crippen LogP contribution in [-0.2, 0) is 4.79 Å². The van der Waals surface area contributed by atoms with E-state index in [0.29, 0.717) is 34.9 Å². The van der Waals surface area contributed by atoms with E-state index < -0.39 is 17.7 Å². The number of hydrogen-bond acceptors (Lipinski definition) is 3. The minimum Gasteiger partial charge on any atom is -0.491 e. The fourth-order valence-electron chi connectivity index (χ4n) is 6.51. The molecule has 0 saturated heterocycles. The number of ether oxygens (including phenoxy) is 1. The quantitative estimate of drug-likeness (QED) is 0.670. The van der Waals surface area contributed by atoms with Gasteiger partial charge in [-0.1, -0.05) is 24.9 Å². The highest BCUT2D eigenvalue weighted by atomic mass is 35.5. The van der Waals surface area contributed by atoms with E-state index in [1.54, 1.807) is 18.0 Å². The monoisotopic (exact) mass is 421 g/mol. The Morgan fingerprint density at radius 3 is 2.62 bits per heavy atom. The second-order valence-corrected chi connectivity index (χ2v) is 10.7. The number of anilines is 1. The topological polar surface area (TPSA) is 49.8 Å². The van der Waals surface area contributed by atoms with Crippen LogP contribution in [0.15, 0.2) is 12.1 Å². The predicted molar refractivity (Wildman–Crippen MR) is 110 cm³/mol. The molecule has 5 rings (SSSR count). The van der Waals surface area contributed by atoms with Gasteiger partial charge in [0.2, 0.25) is 0 Å². The van der Waals surface area contributed by atoms with Crippen molar-refractivity contribution in [3.63, 3.8) is 0 Å². The first-order valence-electron chi connectivity index (χ1n) is 10.8. The zero-order valence-corrected chi connectivity index (χ0v) is 17.8. The van der Waals surface area contributed by atoms with Crippen LogP contribution in [0.4, 0.5) is 10.1 Å². The van der Waals surface area contributed by atoms with Crippen molar-refractivity contribution in [1.82, 2.24) is 0 Å². The molecule has 1 aromatic carbocycles. The smallest absolute Gasteiger partial charge is 0.308 e. The summed E-state index contributed by atoms with van der Waals surface area (Å²) in [6.07, 6.45) is 7.38. The number of carboxylic acids is 1. The van der Waals surface area contributed by atoms with Gasteiger partial charge in [0, 0.05) is 24.6 Å². The van der Waals surface area contributed by atoms with Crippen molar-refractivity contribution in [3.8, 4) is 5.75 Å². The summed E-state index contributed by atoms with van der Waals surface area (Å²) in [6.45, 7) is 2.85. The average molecular weight is 422 g/mol. The van der Waals surface area contributed by atoms with Gasteiger partial charge in [0.05, 0.1) is 23.2 Å². The SMILES string of the molecule is CN(c1cc(Cl)c(OCC2(C)C[C@@H]3CC34C[C@@H]4C2)cc1F)[C@@H]1CCC[C@H]1C(=O)O. The molecule has 6 heteroatoms. The number of aliphatic carboxylic acids is 1. The van der Waals surface area contributed by atoms with E-state index in [1.165, 1.54) is 31.7 Å². The largest absolute Gasteiger partial charge is 0.491 e. The predicted octanol–water partition coefficient (Wildman–Crippen LogP) is 5.37. The van der Waals surface area contributed by atoms with Crippen LogP contribution in [0, 0.1) is 34.4 Å². The van der Waals surface area contributed by atoms with E-state index >= 15 is 0 Å². The first kappa shape index (κ1) is 19.5. The van der Waals surface area contributed by atoms with Crippen molar-refractivity contribution in [2.24, 2.45) is 28.6 Å². The van der Waals surface area contributed by atoms with Crippen molar-refractivity contribution < 1.29 is 19.0 Å². The van der Waals surface area contributed by atoms with Crippen LogP contribution >= 0.6 is 11.6 Å². The minimum absolute atomic E-state index is 0.139. The van der Waals surface area contributed by atoms with Crippen molar-refractivity contribution in [2.45, 2.75) is 57.9 Å². The molecule has 0 heterocycles. The molecule has 0 radical (unpaired) electrons. The van der Waals surface area contributed by atoms with Gasteiger partial charge < -0.3 is 14.7 Å². The summed E-state index contributed by atoms with van der Waals surface area (Å²) >= 11 is 6.45. The Morgan fingerprint density at radius 1 is 1.28 bits per heavy atom. The van der Waals surface area contributed by atoms with E-state index in [4.69, 9.17) is 16.3 Å². The number of carbonyl (C=O) groups is 1. The molecule has 158 valence electrons. The van der Waals surface area contributed by atoms with Gasteiger partial charge in [-0.3, -0.25) is 4.79 Å². The Bertz CT molecular complexity index is 841. The van der Waals surface area contributed by atoms with Crippen LogP contribution in [0.1, 0.15) is 51.9 Å². The lowest BCUT2D eigenvalue weighted by Crippen LogP contribution is -2.38. The van der Waals surface area contributed by atoms with Crippen LogP contribution in [0.25, 0.3) is 0 Å².